The van der Waals surface area contributed by atoms with E-state index in [0.717, 1.165) is 41.7 Å². The molecular weight excluding hydrogens is 298 g/mol. The highest BCUT2D eigenvalue weighted by molar-refractivity contribution is 5.94. The van der Waals surface area contributed by atoms with E-state index in [0.29, 0.717) is 0 Å². The molecule has 4 nitrogen and oxygen atoms in total. The molecule has 1 aliphatic rings. The molecule has 4 heteroatoms. The predicted molar refractivity (Wildman–Crippen MR) is 95.7 cm³/mol. The lowest BCUT2D eigenvalue weighted by Gasteiger charge is -2.27. The zero-order valence-electron chi connectivity index (χ0n) is 14.1. The van der Waals surface area contributed by atoms with Gasteiger partial charge < -0.3 is 9.67 Å². The Morgan fingerprint density at radius 1 is 1.12 bits per heavy atom. The number of aliphatic hydroxyl groups excluding tert-OH is 1. The van der Waals surface area contributed by atoms with Crippen LogP contribution in [0.2, 0.25) is 0 Å². The number of rotatable bonds is 4. The van der Waals surface area contributed by atoms with Crippen LogP contribution in [0.3, 0.4) is 0 Å². The van der Waals surface area contributed by atoms with Crippen molar-refractivity contribution in [3.05, 3.63) is 48.4 Å². The van der Waals surface area contributed by atoms with E-state index in [1.165, 1.54) is 18.4 Å². The van der Waals surface area contributed by atoms with Gasteiger partial charge in [-0.1, -0.05) is 31.0 Å². The molecule has 1 fully saturated rings. The fourth-order valence-corrected chi connectivity index (χ4v) is 4.04. The lowest BCUT2D eigenvalue weighted by atomic mass is 9.87. The number of nitrogens with zero attached hydrogens (tertiary/aromatic N) is 3. The van der Waals surface area contributed by atoms with E-state index >= 15 is 0 Å². The molecule has 3 aromatic rings. The molecule has 4 rings (SSSR count). The molecule has 124 valence electrons. The molecule has 0 saturated heterocycles. The Morgan fingerprint density at radius 3 is 2.75 bits per heavy atom. The Hall–Kier alpha value is -2.20. The normalized spacial score (nSPS) is 16.8. The molecule has 1 N–H and O–H groups in total. The molecule has 0 atom stereocenters. The van der Waals surface area contributed by atoms with Gasteiger partial charge in [-0.2, -0.15) is 0 Å². The molecule has 2 heterocycles. The van der Waals surface area contributed by atoms with E-state index in [1.54, 1.807) is 0 Å². The van der Waals surface area contributed by atoms with Gasteiger partial charge in [0.15, 0.2) is 0 Å². The first-order chi connectivity index (χ1) is 11.7. The van der Waals surface area contributed by atoms with E-state index in [2.05, 4.69) is 39.7 Å². The lowest BCUT2D eigenvalue weighted by Crippen LogP contribution is -2.27. The van der Waals surface area contributed by atoms with Gasteiger partial charge in [-0.3, -0.25) is 4.98 Å². The maximum absolute atomic E-state index is 9.94. The lowest BCUT2D eigenvalue weighted by molar-refractivity contribution is 0.112. The third kappa shape index (κ3) is 2.51. The first-order valence-electron chi connectivity index (χ1n) is 8.69. The first kappa shape index (κ1) is 15.3. The van der Waals surface area contributed by atoms with Crippen molar-refractivity contribution in [2.45, 2.75) is 39.2 Å². The van der Waals surface area contributed by atoms with Gasteiger partial charge in [-0.25, -0.2) is 4.98 Å². The number of pyridine rings is 1. The zero-order chi connectivity index (χ0) is 16.6. The Balaban J connectivity index is 1.80. The molecule has 0 bridgehead atoms. The second-order valence-electron chi connectivity index (χ2n) is 7.07. The third-order valence-electron chi connectivity index (χ3n) is 5.43. The fraction of sp³-hybridized carbons (Fsp3) is 0.400. The van der Waals surface area contributed by atoms with Crippen LogP contribution in [0.5, 0.6) is 0 Å². The van der Waals surface area contributed by atoms with Gasteiger partial charge in [0.25, 0.3) is 0 Å². The maximum atomic E-state index is 9.94. The molecule has 1 aromatic carbocycles. The number of fused-ring (bicyclic) bond motifs is 1. The highest BCUT2D eigenvalue weighted by Crippen LogP contribution is 2.40. The van der Waals surface area contributed by atoms with Crippen molar-refractivity contribution >= 4 is 10.9 Å². The highest BCUT2D eigenvalue weighted by atomic mass is 16.3. The van der Waals surface area contributed by atoms with E-state index in [1.807, 2.05) is 24.7 Å². The maximum Gasteiger partial charge on any atom is 0.140 e. The van der Waals surface area contributed by atoms with Crippen LogP contribution in [0.1, 0.15) is 31.2 Å². The quantitative estimate of drug-likeness (QED) is 0.791. The van der Waals surface area contributed by atoms with E-state index in [4.69, 9.17) is 0 Å². The number of aryl methyl sites for hydroxylation is 1. The van der Waals surface area contributed by atoms with Crippen molar-refractivity contribution in [3.8, 4) is 11.4 Å². The predicted octanol–water partition coefficient (Wildman–Crippen LogP) is 3.96. The molecule has 0 amide bonds. The zero-order valence-corrected chi connectivity index (χ0v) is 14.1. The number of aromatic nitrogens is 3. The first-order valence-corrected chi connectivity index (χ1v) is 8.69. The molecular formula is C20H23N3O. The Labute approximate surface area is 142 Å². The summed E-state index contributed by atoms with van der Waals surface area (Å²) in [5, 5.41) is 11.1. The van der Waals surface area contributed by atoms with Gasteiger partial charge in [0, 0.05) is 41.5 Å². The van der Waals surface area contributed by atoms with E-state index in [9.17, 15) is 5.11 Å². The SMILES string of the molecule is Cc1ccc(-c2nccn2CC2(CO)CCCC2)c2cccnc12. The average molecular weight is 321 g/mol. The molecule has 1 aliphatic carbocycles. The van der Waals surface area contributed by atoms with Gasteiger partial charge in [-0.05, 0) is 31.4 Å². The van der Waals surface area contributed by atoms with Crippen LogP contribution in [0.15, 0.2) is 42.9 Å². The van der Waals surface area contributed by atoms with Crippen molar-refractivity contribution in [2.24, 2.45) is 5.41 Å². The molecule has 24 heavy (non-hydrogen) atoms. The monoisotopic (exact) mass is 321 g/mol. The molecule has 0 unspecified atom stereocenters. The summed E-state index contributed by atoms with van der Waals surface area (Å²) in [6.45, 7) is 3.17. The van der Waals surface area contributed by atoms with E-state index in [-0.39, 0.29) is 12.0 Å². The van der Waals surface area contributed by atoms with Crippen LogP contribution in [0, 0.1) is 12.3 Å². The fourth-order valence-electron chi connectivity index (χ4n) is 4.04. The number of hydrogen-bond donors (Lipinski definition) is 1. The van der Waals surface area contributed by atoms with Crippen molar-refractivity contribution in [3.63, 3.8) is 0 Å². The minimum atomic E-state index is 0.00814. The molecule has 2 aromatic heterocycles. The standard InChI is InChI=1S/C20H23N3O/c1-15-6-7-17(16-5-4-10-21-18(15)16)19-22-11-12-23(19)13-20(14-24)8-2-3-9-20/h4-7,10-12,24H,2-3,8-9,13-14H2,1H3. The molecule has 0 radical (unpaired) electrons. The second kappa shape index (κ2) is 6.02. The minimum absolute atomic E-state index is 0.00814. The summed E-state index contributed by atoms with van der Waals surface area (Å²) in [7, 11) is 0. The largest absolute Gasteiger partial charge is 0.396 e. The number of aliphatic hydroxyl groups is 1. The Bertz CT molecular complexity index is 862. The summed E-state index contributed by atoms with van der Waals surface area (Å²) in [4.78, 5) is 9.16. The summed E-state index contributed by atoms with van der Waals surface area (Å²) in [6, 6.07) is 8.34. The van der Waals surface area contributed by atoms with Crippen molar-refractivity contribution in [1.29, 1.82) is 0 Å². The van der Waals surface area contributed by atoms with Crippen molar-refractivity contribution < 1.29 is 5.11 Å². The summed E-state index contributed by atoms with van der Waals surface area (Å²) in [5.41, 5.74) is 3.32. The van der Waals surface area contributed by atoms with Crippen LogP contribution < -0.4 is 0 Å². The van der Waals surface area contributed by atoms with Crippen LogP contribution in [-0.2, 0) is 6.54 Å². The summed E-state index contributed by atoms with van der Waals surface area (Å²) in [6.07, 6.45) is 10.3. The summed E-state index contributed by atoms with van der Waals surface area (Å²) in [5.74, 6) is 0.965. The minimum Gasteiger partial charge on any atom is -0.396 e. The van der Waals surface area contributed by atoms with Crippen molar-refractivity contribution in [1.82, 2.24) is 14.5 Å². The summed E-state index contributed by atoms with van der Waals surface area (Å²) >= 11 is 0. The van der Waals surface area contributed by atoms with Gasteiger partial charge in [0.1, 0.15) is 5.82 Å². The van der Waals surface area contributed by atoms with Gasteiger partial charge in [0.2, 0.25) is 0 Å². The van der Waals surface area contributed by atoms with Crippen LogP contribution in [0.4, 0.5) is 0 Å². The van der Waals surface area contributed by atoms with Gasteiger partial charge >= 0.3 is 0 Å². The smallest absolute Gasteiger partial charge is 0.140 e. The molecule has 0 spiro atoms. The van der Waals surface area contributed by atoms with Gasteiger partial charge in [-0.15, -0.1) is 0 Å². The van der Waals surface area contributed by atoms with Crippen LogP contribution in [-0.4, -0.2) is 26.2 Å². The number of imidazole rings is 1. The molecule has 0 aliphatic heterocycles. The highest BCUT2D eigenvalue weighted by Gasteiger charge is 2.34. The van der Waals surface area contributed by atoms with Crippen molar-refractivity contribution in [2.75, 3.05) is 6.61 Å². The second-order valence-corrected chi connectivity index (χ2v) is 7.07. The summed E-state index contributed by atoms with van der Waals surface area (Å²) < 4.78 is 2.21. The Kier molecular flexibility index (Phi) is 3.85. The van der Waals surface area contributed by atoms with Crippen LogP contribution >= 0.6 is 0 Å². The van der Waals surface area contributed by atoms with E-state index < -0.39 is 0 Å². The third-order valence-corrected chi connectivity index (χ3v) is 5.43. The topological polar surface area (TPSA) is 50.9 Å². The number of benzene rings is 1. The van der Waals surface area contributed by atoms with Gasteiger partial charge in [0.05, 0.1) is 12.1 Å². The molecule has 1 saturated carbocycles. The Morgan fingerprint density at radius 2 is 1.96 bits per heavy atom. The average Bonchev–Trinajstić information content (AvgIpc) is 3.26. The van der Waals surface area contributed by atoms with Crippen LogP contribution in [0.25, 0.3) is 22.3 Å². The number of hydrogen-bond acceptors (Lipinski definition) is 3.